The molecule has 0 spiro atoms. The Balaban J connectivity index is 2.23. The van der Waals surface area contributed by atoms with Crippen LogP contribution in [0.15, 0.2) is 11.3 Å². The zero-order valence-electron chi connectivity index (χ0n) is 14.4. The minimum absolute atomic E-state index is 0.0875. The van der Waals surface area contributed by atoms with Gasteiger partial charge in [-0.3, -0.25) is 5.41 Å². The van der Waals surface area contributed by atoms with Gasteiger partial charge in [0, 0.05) is 11.1 Å². The number of ether oxygens (including phenoxy) is 2. The number of rotatable bonds is 4. The Hall–Kier alpha value is -2.96. The molecule has 6 N–H and O–H groups in total. The van der Waals surface area contributed by atoms with Gasteiger partial charge in [0.2, 0.25) is 11.6 Å². The first-order valence-electron chi connectivity index (χ1n) is 7.78. The summed E-state index contributed by atoms with van der Waals surface area (Å²) in [5.41, 5.74) is 13.1. The van der Waals surface area contributed by atoms with E-state index in [0.717, 1.165) is 0 Å². The van der Waals surface area contributed by atoms with Crippen molar-refractivity contribution in [3.05, 3.63) is 28.0 Å². The molecule has 1 saturated heterocycles. The van der Waals surface area contributed by atoms with Crippen LogP contribution in [0.25, 0.3) is 21.5 Å². The van der Waals surface area contributed by atoms with Gasteiger partial charge in [0.05, 0.1) is 24.7 Å². The molecule has 3 rings (SSSR count). The van der Waals surface area contributed by atoms with Crippen molar-refractivity contribution in [1.29, 1.82) is 5.41 Å². The van der Waals surface area contributed by atoms with Gasteiger partial charge in [-0.1, -0.05) is 5.11 Å². The van der Waals surface area contributed by atoms with E-state index in [1.165, 1.54) is 17.9 Å². The van der Waals surface area contributed by atoms with Crippen molar-refractivity contribution in [2.45, 2.75) is 31.1 Å². The minimum atomic E-state index is -2.07. The third-order valence-corrected chi connectivity index (χ3v) is 4.38. The molecule has 3 heterocycles. The van der Waals surface area contributed by atoms with Crippen molar-refractivity contribution in [1.82, 2.24) is 14.5 Å². The molecule has 0 saturated carbocycles. The quantitative estimate of drug-likeness (QED) is 0.154. The van der Waals surface area contributed by atoms with Gasteiger partial charge in [-0.15, -0.1) is 0 Å². The maximum atomic E-state index is 10.5. The van der Waals surface area contributed by atoms with E-state index in [1.807, 2.05) is 0 Å². The Morgan fingerprint density at radius 3 is 2.85 bits per heavy atom. The van der Waals surface area contributed by atoms with Gasteiger partial charge in [0.25, 0.3) is 0 Å². The monoisotopic (exact) mass is 378 g/mol. The Labute approximate surface area is 152 Å². The Morgan fingerprint density at radius 2 is 2.26 bits per heavy atom. The minimum Gasteiger partial charge on any atom is -0.481 e. The normalized spacial score (nSPS) is 27.5. The molecule has 13 nitrogen and oxygen atoms in total. The van der Waals surface area contributed by atoms with Crippen LogP contribution in [0.4, 0.5) is 5.82 Å². The number of anilines is 1. The van der Waals surface area contributed by atoms with E-state index >= 15 is 0 Å². The summed E-state index contributed by atoms with van der Waals surface area (Å²) in [4.78, 5) is 10.9. The number of nitrogens with two attached hydrogens (primary N) is 1. The highest BCUT2D eigenvalue weighted by molar-refractivity contribution is 6.08. The molecule has 27 heavy (non-hydrogen) atoms. The number of hydrogen-bond donors (Lipinski definition) is 5. The summed E-state index contributed by atoms with van der Waals surface area (Å²) in [5.74, 6) is 0.185. The van der Waals surface area contributed by atoms with E-state index in [2.05, 4.69) is 20.0 Å². The molecular weight excluding hydrogens is 360 g/mol. The van der Waals surface area contributed by atoms with Crippen LogP contribution in [0.3, 0.4) is 0 Å². The zero-order chi connectivity index (χ0) is 19.9. The van der Waals surface area contributed by atoms with Crippen molar-refractivity contribution in [2.24, 2.45) is 5.11 Å². The lowest BCUT2D eigenvalue weighted by atomic mass is 10.1. The second kappa shape index (κ2) is 6.64. The van der Waals surface area contributed by atoms with E-state index < -0.39 is 30.8 Å². The Bertz CT molecular complexity index is 955. The highest BCUT2D eigenvalue weighted by atomic mass is 16.6. The number of nitrogen functional groups attached to an aromatic ring is 1. The summed E-state index contributed by atoms with van der Waals surface area (Å²) in [6.07, 6.45) is -3.16. The molecule has 0 amide bonds. The number of aryl methyl sites for hydroxylation is 1. The van der Waals surface area contributed by atoms with Crippen LogP contribution >= 0.6 is 0 Å². The molecule has 2 aromatic heterocycles. The van der Waals surface area contributed by atoms with Crippen molar-refractivity contribution >= 4 is 22.7 Å². The lowest BCUT2D eigenvalue weighted by Gasteiger charge is -2.23. The average Bonchev–Trinajstić information content (AvgIpc) is 3.13. The number of nitrogens with zero attached hydrogens (tertiary/aromatic N) is 6. The van der Waals surface area contributed by atoms with E-state index in [4.69, 9.17) is 26.1 Å². The van der Waals surface area contributed by atoms with Crippen molar-refractivity contribution in [3.63, 3.8) is 0 Å². The Morgan fingerprint density at radius 1 is 1.56 bits per heavy atom. The van der Waals surface area contributed by atoms with E-state index in [-0.39, 0.29) is 22.9 Å². The number of aliphatic hydroxyl groups is 3. The van der Waals surface area contributed by atoms with Gasteiger partial charge >= 0.3 is 0 Å². The first kappa shape index (κ1) is 18.8. The number of aliphatic hydroxyl groups excluding tert-OH is 3. The number of azide groups is 1. The third-order valence-electron chi connectivity index (χ3n) is 4.38. The van der Waals surface area contributed by atoms with Gasteiger partial charge in [0.15, 0.2) is 6.23 Å². The number of methoxy groups -OCH3 is 1. The molecule has 144 valence electrons. The number of hydrogen-bond acceptors (Lipinski definition) is 10. The highest BCUT2D eigenvalue weighted by Gasteiger charge is 2.55. The van der Waals surface area contributed by atoms with E-state index in [1.54, 1.807) is 6.92 Å². The van der Waals surface area contributed by atoms with Crippen molar-refractivity contribution in [3.8, 4) is 0 Å². The second-order valence-electron chi connectivity index (χ2n) is 5.97. The van der Waals surface area contributed by atoms with Gasteiger partial charge in [-0.2, -0.15) is 0 Å². The molecule has 4 atom stereocenters. The molecule has 2 aromatic rings. The predicted octanol–water partition coefficient (Wildman–Crippen LogP) is -0.457. The van der Waals surface area contributed by atoms with E-state index in [9.17, 15) is 15.3 Å². The van der Waals surface area contributed by atoms with Crippen LogP contribution in [0.2, 0.25) is 0 Å². The average molecular weight is 378 g/mol. The van der Waals surface area contributed by atoms with Crippen molar-refractivity contribution < 1.29 is 24.8 Å². The van der Waals surface area contributed by atoms with Crippen LogP contribution < -0.4 is 5.73 Å². The van der Waals surface area contributed by atoms with Gasteiger partial charge in [-0.05, 0) is 12.5 Å². The van der Waals surface area contributed by atoms with Crippen LogP contribution in [0.1, 0.15) is 17.6 Å². The third kappa shape index (κ3) is 2.74. The molecule has 1 fully saturated rings. The molecule has 0 aromatic carbocycles. The molecule has 0 radical (unpaired) electrons. The van der Waals surface area contributed by atoms with Crippen molar-refractivity contribution in [2.75, 3.05) is 19.5 Å². The molecule has 1 aliphatic heterocycles. The highest BCUT2D eigenvalue weighted by Crippen LogP contribution is 2.40. The largest absolute Gasteiger partial charge is 0.481 e. The number of fused-ring (bicyclic) bond motifs is 1. The van der Waals surface area contributed by atoms with Crippen LogP contribution in [0, 0.1) is 12.3 Å². The van der Waals surface area contributed by atoms with Gasteiger partial charge in [-0.25, -0.2) is 9.97 Å². The summed E-state index contributed by atoms with van der Waals surface area (Å²) < 4.78 is 11.8. The summed E-state index contributed by atoms with van der Waals surface area (Å²) in [6, 6.07) is 0. The molecule has 1 unspecified atom stereocenters. The zero-order valence-corrected chi connectivity index (χ0v) is 14.4. The molecule has 13 heteroatoms. The smallest absolute Gasteiger partial charge is 0.215 e. The van der Waals surface area contributed by atoms with Crippen LogP contribution in [-0.2, 0) is 9.47 Å². The van der Waals surface area contributed by atoms with Gasteiger partial charge in [0.1, 0.15) is 29.5 Å². The molecule has 1 aliphatic rings. The maximum absolute atomic E-state index is 10.5. The van der Waals surface area contributed by atoms with Crippen LogP contribution in [0.5, 0.6) is 0 Å². The lowest BCUT2D eigenvalue weighted by molar-refractivity contribution is -0.123. The van der Waals surface area contributed by atoms with Gasteiger partial charge < -0.3 is 35.1 Å². The standard InChI is InChI=1S/C14H18N8O5/c1-5-18-10(15)7-6(11(16)26-2)3-22(12(7)19-5)13-8(24)9(25)14(4-23,27-13)20-21-17/h3,8-9,13,16,23-25H,4H2,1-2H3,(H2,15,18,19)/t8-,9+,13-,14?/m1/s1. The summed E-state index contributed by atoms with van der Waals surface area (Å²) in [7, 11) is 1.31. The first-order chi connectivity index (χ1) is 12.8. The lowest BCUT2D eigenvalue weighted by Crippen LogP contribution is -2.44. The topological polar surface area (TPSA) is 208 Å². The fourth-order valence-electron chi connectivity index (χ4n) is 3.08. The summed E-state index contributed by atoms with van der Waals surface area (Å²) >= 11 is 0. The second-order valence-corrected chi connectivity index (χ2v) is 5.97. The fourth-order valence-corrected chi connectivity index (χ4v) is 3.08. The summed E-state index contributed by atoms with van der Waals surface area (Å²) in [6.45, 7) is 0.745. The number of nitrogens with one attached hydrogen (secondary N) is 1. The maximum Gasteiger partial charge on any atom is 0.215 e. The Kier molecular flexibility index (Phi) is 4.63. The summed E-state index contributed by atoms with van der Waals surface area (Å²) in [5, 5.41) is 41.9. The first-order valence-corrected chi connectivity index (χ1v) is 7.78. The molecular formula is C14H18N8O5. The SMILES string of the molecule is COC(=N)c1cn([C@@H]2OC(CO)(N=[N+]=[N-])[C@@H](O)[C@H]2O)c2nc(C)nc(N)c12. The van der Waals surface area contributed by atoms with Crippen LogP contribution in [-0.4, -0.2) is 67.4 Å². The fraction of sp³-hybridized carbons (Fsp3) is 0.500. The molecule has 0 aliphatic carbocycles. The van der Waals surface area contributed by atoms with E-state index in [0.29, 0.717) is 11.2 Å². The molecule has 0 bridgehead atoms. The number of aromatic nitrogens is 3. The predicted molar refractivity (Wildman–Crippen MR) is 91.6 cm³/mol.